The van der Waals surface area contributed by atoms with Gasteiger partial charge < -0.3 is 0 Å². The standard InChI is InChI=1S/C24H16AsF3N4O5/c25-20-19-15-8-14(24(26,27)28)6-7-16(15)31(21(19)30-12-29-20)9-18(33)32-17(11-37-23(32)35)22(34)36-10-13-4-2-1-3-5-13/h1-8,12,17H,9-11H2/t17-/m0/s1. The fourth-order valence-electron chi connectivity index (χ4n) is 4.14. The third kappa shape index (κ3) is 4.64. The first kappa shape index (κ1) is 24.8. The van der Waals surface area contributed by atoms with Crippen LogP contribution >= 0.6 is 0 Å². The normalized spacial score (nSPS) is 15.8. The molecule has 0 bridgehead atoms. The Morgan fingerprint density at radius 3 is 2.62 bits per heavy atom. The molecule has 1 saturated heterocycles. The second kappa shape index (κ2) is 9.51. The Labute approximate surface area is 215 Å². The SMILES string of the molecule is O=C(OCc1ccccc1)[C@@H]1COC(=O)N1C(=O)Cn1c2ccc(C(F)(F)F)cc2c2c([As])ncnc21. The summed E-state index contributed by atoms with van der Waals surface area (Å²) in [4.78, 5) is 47.2. The predicted molar refractivity (Wildman–Crippen MR) is 124 cm³/mol. The van der Waals surface area contributed by atoms with Gasteiger partial charge in [-0.05, 0) is 0 Å². The molecule has 1 fully saturated rings. The van der Waals surface area contributed by atoms with Crippen molar-refractivity contribution >= 4 is 61.2 Å². The number of aromatic nitrogens is 3. The molecule has 0 spiro atoms. The van der Waals surface area contributed by atoms with Crippen molar-refractivity contribution in [2.75, 3.05) is 6.61 Å². The minimum absolute atomic E-state index is 0.0603. The van der Waals surface area contributed by atoms with Gasteiger partial charge >= 0.3 is 185 Å². The number of esters is 1. The molecule has 1 aliphatic rings. The maximum atomic E-state index is 13.4. The molecule has 2 aromatic carbocycles. The number of imide groups is 1. The number of fused-ring (bicyclic) bond motifs is 3. The van der Waals surface area contributed by atoms with Crippen LogP contribution in [0.2, 0.25) is 0 Å². The third-order valence-electron chi connectivity index (χ3n) is 5.88. The summed E-state index contributed by atoms with van der Waals surface area (Å²) in [5, 5.41) is 0.510. The van der Waals surface area contributed by atoms with Gasteiger partial charge in [-0.1, -0.05) is 30.3 Å². The first-order chi connectivity index (χ1) is 17.6. The van der Waals surface area contributed by atoms with Gasteiger partial charge in [0.05, 0.1) is 0 Å². The van der Waals surface area contributed by atoms with Gasteiger partial charge in [-0.25, -0.2) is 0 Å². The molecule has 37 heavy (non-hydrogen) atoms. The van der Waals surface area contributed by atoms with Crippen LogP contribution in [0.4, 0.5) is 18.0 Å². The molecule has 3 heterocycles. The van der Waals surface area contributed by atoms with Crippen LogP contribution in [-0.4, -0.2) is 66.9 Å². The van der Waals surface area contributed by atoms with Crippen molar-refractivity contribution in [2.45, 2.75) is 25.4 Å². The third-order valence-corrected chi connectivity index (χ3v) is 6.59. The first-order valence-corrected chi connectivity index (χ1v) is 11.8. The molecule has 0 N–H and O–H groups in total. The van der Waals surface area contributed by atoms with E-state index >= 15 is 0 Å². The summed E-state index contributed by atoms with van der Waals surface area (Å²) in [6.07, 6.45) is -4.38. The monoisotopic (exact) mass is 572 g/mol. The Balaban J connectivity index is 1.46. The maximum absolute atomic E-state index is 13.4. The zero-order valence-corrected chi connectivity index (χ0v) is 20.7. The molecule has 0 aliphatic carbocycles. The quantitative estimate of drug-likeness (QED) is 0.268. The molecule has 2 aromatic heterocycles. The number of halogens is 3. The van der Waals surface area contributed by atoms with E-state index in [4.69, 9.17) is 9.47 Å². The Kier molecular flexibility index (Phi) is 6.36. The number of benzene rings is 2. The average Bonchev–Trinajstić information content (AvgIpc) is 3.41. The van der Waals surface area contributed by atoms with E-state index < -0.39 is 42.3 Å². The van der Waals surface area contributed by atoms with Crippen molar-refractivity contribution in [3.63, 3.8) is 0 Å². The molecule has 188 valence electrons. The van der Waals surface area contributed by atoms with E-state index in [0.717, 1.165) is 17.7 Å². The van der Waals surface area contributed by atoms with Gasteiger partial charge in [0.1, 0.15) is 0 Å². The number of cyclic esters (lactones) is 1. The number of amides is 2. The summed E-state index contributed by atoms with van der Waals surface area (Å²) in [5.41, 5.74) is 0.324. The van der Waals surface area contributed by atoms with Crippen LogP contribution in [0.5, 0.6) is 0 Å². The molecule has 4 aromatic rings. The van der Waals surface area contributed by atoms with E-state index in [-0.39, 0.29) is 29.8 Å². The number of ether oxygens (including phenoxy) is 2. The summed E-state index contributed by atoms with van der Waals surface area (Å²) in [7, 11) is 0. The van der Waals surface area contributed by atoms with Crippen LogP contribution in [0.1, 0.15) is 11.1 Å². The van der Waals surface area contributed by atoms with Crippen molar-refractivity contribution in [2.24, 2.45) is 0 Å². The van der Waals surface area contributed by atoms with Gasteiger partial charge in [0.15, 0.2) is 0 Å². The van der Waals surface area contributed by atoms with Gasteiger partial charge in [-0.3, -0.25) is 0 Å². The number of carbonyl (C=O) groups is 3. The number of hydrogen-bond acceptors (Lipinski definition) is 7. The molecule has 5 rings (SSSR count). The first-order valence-electron chi connectivity index (χ1n) is 10.9. The molecule has 0 saturated carbocycles. The molecule has 1 atom stereocenters. The van der Waals surface area contributed by atoms with Gasteiger partial charge in [-0.2, -0.15) is 0 Å². The topological polar surface area (TPSA) is 104 Å². The van der Waals surface area contributed by atoms with Crippen molar-refractivity contribution in [3.8, 4) is 0 Å². The minimum atomic E-state index is -4.58. The Morgan fingerprint density at radius 2 is 1.89 bits per heavy atom. The number of nitrogens with zero attached hydrogens (tertiary/aromatic N) is 4. The Hall–Kier alpha value is -3.92. The zero-order valence-electron chi connectivity index (χ0n) is 18.8. The summed E-state index contributed by atoms with van der Waals surface area (Å²) < 4.78 is 52.1. The van der Waals surface area contributed by atoms with Crippen molar-refractivity contribution in [3.05, 3.63) is 66.0 Å². The molecule has 13 heteroatoms. The molecular weight excluding hydrogens is 556 g/mol. The van der Waals surface area contributed by atoms with E-state index in [9.17, 15) is 27.6 Å². The van der Waals surface area contributed by atoms with Gasteiger partial charge in [-0.15, -0.1) is 0 Å². The summed E-state index contributed by atoms with van der Waals surface area (Å²) in [6.45, 7) is -0.930. The average molecular weight is 572 g/mol. The summed E-state index contributed by atoms with van der Waals surface area (Å²) in [6, 6.07) is 10.6. The number of rotatable bonds is 5. The van der Waals surface area contributed by atoms with Gasteiger partial charge in [0.2, 0.25) is 0 Å². The van der Waals surface area contributed by atoms with Crippen LogP contribution in [0, 0.1) is 0 Å². The number of hydrogen-bond donors (Lipinski definition) is 0. The van der Waals surface area contributed by atoms with Crippen molar-refractivity contribution < 1.29 is 37.0 Å². The van der Waals surface area contributed by atoms with Crippen LogP contribution < -0.4 is 4.48 Å². The number of alkyl halides is 3. The molecule has 2 radical (unpaired) electrons. The van der Waals surface area contributed by atoms with E-state index in [0.29, 0.717) is 14.8 Å². The van der Waals surface area contributed by atoms with Gasteiger partial charge in [0.25, 0.3) is 0 Å². The predicted octanol–water partition coefficient (Wildman–Crippen LogP) is 2.49. The zero-order chi connectivity index (χ0) is 26.3. The van der Waals surface area contributed by atoms with E-state index in [1.165, 1.54) is 17.0 Å². The Morgan fingerprint density at radius 1 is 1.14 bits per heavy atom. The molecule has 1 aliphatic heterocycles. The molecule has 2 amide bonds. The van der Waals surface area contributed by atoms with Crippen LogP contribution in [0.3, 0.4) is 0 Å². The Bertz CT molecular complexity index is 1540. The van der Waals surface area contributed by atoms with Crippen LogP contribution in [0.15, 0.2) is 54.9 Å². The van der Waals surface area contributed by atoms with Gasteiger partial charge in [0, 0.05) is 0 Å². The fraction of sp³-hybridized carbons (Fsp3) is 0.208. The molecule has 9 nitrogen and oxygen atoms in total. The van der Waals surface area contributed by atoms with Crippen molar-refractivity contribution in [1.29, 1.82) is 0 Å². The fourth-order valence-corrected chi connectivity index (χ4v) is 4.71. The summed E-state index contributed by atoms with van der Waals surface area (Å²) >= 11 is 2.16. The van der Waals surface area contributed by atoms with E-state index in [1.54, 1.807) is 30.3 Å². The van der Waals surface area contributed by atoms with Crippen LogP contribution in [0.25, 0.3) is 21.9 Å². The second-order valence-corrected chi connectivity index (χ2v) is 9.05. The molecule has 0 unspecified atom stereocenters. The summed E-state index contributed by atoms with van der Waals surface area (Å²) in [5.74, 6) is -1.64. The van der Waals surface area contributed by atoms with Crippen molar-refractivity contribution in [1.82, 2.24) is 19.4 Å². The molecular formula is C24H16AsF3N4O5. The van der Waals surface area contributed by atoms with E-state index in [2.05, 4.69) is 26.8 Å². The number of carbonyl (C=O) groups excluding carboxylic acids is 3. The van der Waals surface area contributed by atoms with Crippen LogP contribution in [-0.2, 0) is 38.4 Å². The second-order valence-electron chi connectivity index (χ2n) is 8.16. The van der Waals surface area contributed by atoms with E-state index in [1.807, 2.05) is 0 Å².